The maximum Gasteiger partial charge on any atom is 0.238 e. The molecule has 0 aliphatic heterocycles. The number of pyridine rings is 1. The number of ether oxygens (including phenoxy) is 1. The van der Waals surface area contributed by atoms with Crippen LogP contribution in [0.15, 0.2) is 24.4 Å². The first-order valence-electron chi connectivity index (χ1n) is 6.28. The summed E-state index contributed by atoms with van der Waals surface area (Å²) in [6.45, 7) is 4.82. The molecule has 2 rings (SSSR count). The summed E-state index contributed by atoms with van der Waals surface area (Å²) in [5.74, 6) is 0.529. The maximum absolute atomic E-state index is 5.74. The van der Waals surface area contributed by atoms with Gasteiger partial charge >= 0.3 is 0 Å². The van der Waals surface area contributed by atoms with Crippen molar-refractivity contribution >= 4 is 0 Å². The van der Waals surface area contributed by atoms with Gasteiger partial charge in [-0.15, -0.1) is 5.10 Å². The van der Waals surface area contributed by atoms with E-state index in [4.69, 9.17) is 10.5 Å². The summed E-state index contributed by atoms with van der Waals surface area (Å²) in [6, 6.07) is 5.83. The lowest BCUT2D eigenvalue weighted by Gasteiger charge is -2.11. The molecule has 100 valence electrons. The Morgan fingerprint density at radius 1 is 1.21 bits per heavy atom. The summed E-state index contributed by atoms with van der Waals surface area (Å²) in [7, 11) is 0. The van der Waals surface area contributed by atoms with Crippen LogP contribution in [-0.4, -0.2) is 21.8 Å². The van der Waals surface area contributed by atoms with Crippen molar-refractivity contribution in [2.75, 3.05) is 6.61 Å². The standard InChI is InChI=1S/C14H18N4O/c1-10-11(2)17-18-14(13(10)9-15)19-8-6-12-5-3-4-7-16-12/h3-5,7H,6,8-9,15H2,1-2H3. The lowest BCUT2D eigenvalue weighted by Crippen LogP contribution is -2.11. The lowest BCUT2D eigenvalue weighted by atomic mass is 10.1. The number of hydrogen-bond donors (Lipinski definition) is 1. The first-order chi connectivity index (χ1) is 9.22. The van der Waals surface area contributed by atoms with Crippen LogP contribution in [0.5, 0.6) is 5.88 Å². The van der Waals surface area contributed by atoms with Gasteiger partial charge in [-0.2, -0.15) is 5.10 Å². The van der Waals surface area contributed by atoms with Crippen molar-refractivity contribution in [3.63, 3.8) is 0 Å². The largest absolute Gasteiger partial charge is 0.476 e. The zero-order valence-corrected chi connectivity index (χ0v) is 11.3. The Bertz CT molecular complexity index is 543. The highest BCUT2D eigenvalue weighted by molar-refractivity contribution is 5.35. The number of aryl methyl sites for hydroxylation is 1. The Morgan fingerprint density at radius 2 is 2.05 bits per heavy atom. The minimum atomic E-state index is 0.404. The van der Waals surface area contributed by atoms with Gasteiger partial charge < -0.3 is 10.5 Å². The lowest BCUT2D eigenvalue weighted by molar-refractivity contribution is 0.300. The van der Waals surface area contributed by atoms with Crippen LogP contribution in [-0.2, 0) is 13.0 Å². The molecule has 0 amide bonds. The summed E-state index contributed by atoms with van der Waals surface area (Å²) in [6.07, 6.45) is 2.51. The summed E-state index contributed by atoms with van der Waals surface area (Å²) in [5, 5.41) is 8.14. The summed E-state index contributed by atoms with van der Waals surface area (Å²) in [4.78, 5) is 4.24. The molecule has 0 saturated heterocycles. The van der Waals surface area contributed by atoms with Crippen LogP contribution in [0.2, 0.25) is 0 Å². The summed E-state index contributed by atoms with van der Waals surface area (Å²) >= 11 is 0. The van der Waals surface area contributed by atoms with Crippen molar-refractivity contribution in [2.45, 2.75) is 26.8 Å². The molecule has 0 aromatic carbocycles. The topological polar surface area (TPSA) is 73.9 Å². The smallest absolute Gasteiger partial charge is 0.238 e. The van der Waals surface area contributed by atoms with E-state index in [2.05, 4.69) is 15.2 Å². The average Bonchev–Trinajstić information content (AvgIpc) is 2.44. The van der Waals surface area contributed by atoms with Crippen molar-refractivity contribution in [2.24, 2.45) is 5.73 Å². The SMILES string of the molecule is Cc1nnc(OCCc2ccccn2)c(CN)c1C. The number of nitrogens with two attached hydrogens (primary N) is 1. The van der Waals surface area contributed by atoms with Crippen LogP contribution in [0.25, 0.3) is 0 Å². The van der Waals surface area contributed by atoms with Gasteiger partial charge in [-0.1, -0.05) is 6.07 Å². The molecule has 0 aliphatic carbocycles. The highest BCUT2D eigenvalue weighted by Gasteiger charge is 2.10. The van der Waals surface area contributed by atoms with Gasteiger partial charge in [0.2, 0.25) is 5.88 Å². The van der Waals surface area contributed by atoms with Gasteiger partial charge in [-0.05, 0) is 31.5 Å². The van der Waals surface area contributed by atoms with Crippen LogP contribution >= 0.6 is 0 Å². The number of nitrogens with zero attached hydrogens (tertiary/aromatic N) is 3. The molecule has 5 nitrogen and oxygen atoms in total. The summed E-state index contributed by atoms with van der Waals surface area (Å²) < 4.78 is 5.67. The second-order valence-corrected chi connectivity index (χ2v) is 4.32. The van der Waals surface area contributed by atoms with E-state index in [-0.39, 0.29) is 0 Å². The fraction of sp³-hybridized carbons (Fsp3) is 0.357. The van der Waals surface area contributed by atoms with E-state index in [1.54, 1.807) is 6.20 Å². The van der Waals surface area contributed by atoms with Gasteiger partial charge in [-0.25, -0.2) is 0 Å². The van der Waals surface area contributed by atoms with Crippen molar-refractivity contribution in [1.29, 1.82) is 0 Å². The fourth-order valence-electron chi connectivity index (χ4n) is 1.79. The third-order valence-electron chi connectivity index (χ3n) is 3.07. The maximum atomic E-state index is 5.74. The molecule has 0 fully saturated rings. The molecule has 2 heterocycles. The third-order valence-corrected chi connectivity index (χ3v) is 3.07. The molecule has 0 unspecified atom stereocenters. The zero-order chi connectivity index (χ0) is 13.7. The van der Waals surface area contributed by atoms with E-state index < -0.39 is 0 Å². The Hall–Kier alpha value is -2.01. The van der Waals surface area contributed by atoms with Gasteiger partial charge in [0, 0.05) is 30.4 Å². The third kappa shape index (κ3) is 3.26. The van der Waals surface area contributed by atoms with Crippen molar-refractivity contribution < 1.29 is 4.74 Å². The second kappa shape index (κ2) is 6.24. The molecule has 5 heteroatoms. The monoisotopic (exact) mass is 258 g/mol. The van der Waals surface area contributed by atoms with Crippen LogP contribution in [0.4, 0.5) is 0 Å². The second-order valence-electron chi connectivity index (χ2n) is 4.32. The molecule has 0 radical (unpaired) electrons. The molecule has 0 aliphatic rings. The minimum absolute atomic E-state index is 0.404. The highest BCUT2D eigenvalue weighted by atomic mass is 16.5. The Kier molecular flexibility index (Phi) is 4.41. The fourth-order valence-corrected chi connectivity index (χ4v) is 1.79. The Morgan fingerprint density at radius 3 is 2.74 bits per heavy atom. The predicted octanol–water partition coefficient (Wildman–Crippen LogP) is 1.57. The minimum Gasteiger partial charge on any atom is -0.476 e. The molecule has 2 N–H and O–H groups in total. The van der Waals surface area contributed by atoms with Gasteiger partial charge in [0.15, 0.2) is 0 Å². The van der Waals surface area contributed by atoms with Crippen molar-refractivity contribution in [1.82, 2.24) is 15.2 Å². The van der Waals surface area contributed by atoms with E-state index in [9.17, 15) is 0 Å². The van der Waals surface area contributed by atoms with Crippen LogP contribution < -0.4 is 10.5 Å². The van der Waals surface area contributed by atoms with Gasteiger partial charge in [0.1, 0.15) is 0 Å². The van der Waals surface area contributed by atoms with E-state index in [1.165, 1.54) is 0 Å². The molecular formula is C14H18N4O. The van der Waals surface area contributed by atoms with Crippen LogP contribution in [0, 0.1) is 13.8 Å². The predicted molar refractivity (Wildman–Crippen MR) is 72.8 cm³/mol. The van der Waals surface area contributed by atoms with Crippen LogP contribution in [0.1, 0.15) is 22.5 Å². The number of rotatable bonds is 5. The van der Waals surface area contributed by atoms with Crippen molar-refractivity contribution in [3.05, 3.63) is 46.9 Å². The van der Waals surface area contributed by atoms with E-state index >= 15 is 0 Å². The Balaban J connectivity index is 2.02. The Labute approximate surface area is 112 Å². The zero-order valence-electron chi connectivity index (χ0n) is 11.3. The van der Waals surface area contributed by atoms with Gasteiger partial charge in [-0.3, -0.25) is 4.98 Å². The van der Waals surface area contributed by atoms with Gasteiger partial charge in [0.25, 0.3) is 0 Å². The highest BCUT2D eigenvalue weighted by Crippen LogP contribution is 2.19. The first kappa shape index (κ1) is 13.4. The molecule has 2 aromatic rings. The molecule has 0 spiro atoms. The summed E-state index contributed by atoms with van der Waals surface area (Å²) in [5.41, 5.74) is 9.59. The van der Waals surface area contributed by atoms with Crippen molar-refractivity contribution in [3.8, 4) is 5.88 Å². The molecule has 0 saturated carbocycles. The van der Waals surface area contributed by atoms with Gasteiger partial charge in [0.05, 0.1) is 12.3 Å². The molecule has 19 heavy (non-hydrogen) atoms. The number of aromatic nitrogens is 3. The van der Waals surface area contributed by atoms with E-state index in [1.807, 2.05) is 32.0 Å². The van der Waals surface area contributed by atoms with E-state index in [0.29, 0.717) is 19.0 Å². The average molecular weight is 258 g/mol. The number of hydrogen-bond acceptors (Lipinski definition) is 5. The normalized spacial score (nSPS) is 10.5. The molecule has 2 aromatic heterocycles. The quantitative estimate of drug-likeness (QED) is 0.881. The molecular weight excluding hydrogens is 240 g/mol. The van der Waals surface area contributed by atoms with Crippen LogP contribution in [0.3, 0.4) is 0 Å². The van der Waals surface area contributed by atoms with E-state index in [0.717, 1.165) is 28.9 Å². The first-order valence-corrected chi connectivity index (χ1v) is 6.28. The molecule has 0 atom stereocenters. The molecule has 0 bridgehead atoms.